The van der Waals surface area contributed by atoms with Crippen molar-refractivity contribution >= 4 is 27.8 Å². The Labute approximate surface area is 168 Å². The molecule has 1 aliphatic rings. The van der Waals surface area contributed by atoms with Gasteiger partial charge in [0.2, 0.25) is 0 Å². The first-order valence-electron chi connectivity index (χ1n) is 9.96. The van der Waals surface area contributed by atoms with Crippen LogP contribution in [-0.2, 0) is 11.2 Å². The van der Waals surface area contributed by atoms with Crippen LogP contribution in [0.1, 0.15) is 31.6 Å². The first-order chi connectivity index (χ1) is 14.2. The van der Waals surface area contributed by atoms with Crippen LogP contribution >= 0.6 is 0 Å². The summed E-state index contributed by atoms with van der Waals surface area (Å²) in [6.07, 6.45) is 7.94. The topological polar surface area (TPSA) is 88.1 Å². The van der Waals surface area contributed by atoms with E-state index in [4.69, 9.17) is 15.2 Å². The number of anilines is 1. The Balaban J connectivity index is 1.31. The molecule has 7 nitrogen and oxygen atoms in total. The molecule has 0 spiro atoms. The molecule has 0 saturated carbocycles. The van der Waals surface area contributed by atoms with Gasteiger partial charge in [-0.2, -0.15) is 0 Å². The van der Waals surface area contributed by atoms with Crippen molar-refractivity contribution in [1.29, 1.82) is 0 Å². The molecule has 7 heteroatoms. The van der Waals surface area contributed by atoms with Crippen molar-refractivity contribution in [3.8, 4) is 5.75 Å². The van der Waals surface area contributed by atoms with E-state index >= 15 is 0 Å². The van der Waals surface area contributed by atoms with Crippen LogP contribution in [0.4, 0.5) is 5.82 Å². The number of benzene rings is 1. The molecule has 29 heavy (non-hydrogen) atoms. The van der Waals surface area contributed by atoms with Gasteiger partial charge in [-0.3, -0.25) is 4.98 Å². The summed E-state index contributed by atoms with van der Waals surface area (Å²) in [5.41, 5.74) is 8.90. The molecule has 0 amide bonds. The van der Waals surface area contributed by atoms with E-state index in [0.29, 0.717) is 12.4 Å². The fourth-order valence-corrected chi connectivity index (χ4v) is 4.08. The molecule has 0 aliphatic carbocycles. The van der Waals surface area contributed by atoms with Crippen LogP contribution in [0.15, 0.2) is 49.1 Å². The Morgan fingerprint density at radius 3 is 3.00 bits per heavy atom. The number of ether oxygens (including phenoxy) is 2. The molecule has 4 aromatic rings. The maximum absolute atomic E-state index is 6.26. The molecule has 0 bridgehead atoms. The standard InChI is InChI=1S/C22H23N5O2/c1-2-16-18(7-5-14-4-3-10-24-20(14)16)28-12-15-6-8-19(29-15)27-11-9-17-21(23)25-13-26-22(17)27/h3-5,7,9-11,13,15,19H,2,6,8,12H2,1H3,(H2,23,25,26)/t15-,19+/m0/s1. The zero-order valence-electron chi connectivity index (χ0n) is 16.3. The van der Waals surface area contributed by atoms with E-state index in [1.54, 1.807) is 0 Å². The Hall–Kier alpha value is -3.19. The number of rotatable bonds is 5. The Kier molecular flexibility index (Phi) is 4.52. The minimum absolute atomic E-state index is 0.0285. The molecule has 1 fully saturated rings. The fourth-order valence-electron chi connectivity index (χ4n) is 4.08. The molecule has 1 aliphatic heterocycles. The third kappa shape index (κ3) is 3.17. The fraction of sp³-hybridized carbons (Fsp3) is 0.318. The van der Waals surface area contributed by atoms with Crippen LogP contribution in [0.25, 0.3) is 21.9 Å². The van der Waals surface area contributed by atoms with Crippen molar-refractivity contribution in [1.82, 2.24) is 19.5 Å². The van der Waals surface area contributed by atoms with Gasteiger partial charge in [0.25, 0.3) is 0 Å². The van der Waals surface area contributed by atoms with Gasteiger partial charge < -0.3 is 19.8 Å². The van der Waals surface area contributed by atoms with Gasteiger partial charge in [-0.1, -0.05) is 13.0 Å². The zero-order valence-corrected chi connectivity index (χ0v) is 16.3. The van der Waals surface area contributed by atoms with E-state index in [2.05, 4.69) is 34.0 Å². The summed E-state index contributed by atoms with van der Waals surface area (Å²) in [7, 11) is 0. The van der Waals surface area contributed by atoms with Gasteiger partial charge in [-0.25, -0.2) is 9.97 Å². The van der Waals surface area contributed by atoms with Crippen LogP contribution in [0.3, 0.4) is 0 Å². The highest BCUT2D eigenvalue weighted by molar-refractivity contribution is 5.86. The summed E-state index contributed by atoms with van der Waals surface area (Å²) in [4.78, 5) is 13.0. The highest BCUT2D eigenvalue weighted by atomic mass is 16.6. The van der Waals surface area contributed by atoms with Gasteiger partial charge >= 0.3 is 0 Å². The van der Waals surface area contributed by atoms with E-state index < -0.39 is 0 Å². The van der Waals surface area contributed by atoms with Crippen molar-refractivity contribution in [2.45, 2.75) is 38.5 Å². The minimum Gasteiger partial charge on any atom is -0.491 e. The summed E-state index contributed by atoms with van der Waals surface area (Å²) < 4.78 is 14.5. The van der Waals surface area contributed by atoms with Crippen molar-refractivity contribution < 1.29 is 9.47 Å². The van der Waals surface area contributed by atoms with Gasteiger partial charge in [0, 0.05) is 23.3 Å². The lowest BCUT2D eigenvalue weighted by atomic mass is 10.1. The number of nitrogens with two attached hydrogens (primary N) is 1. The molecule has 3 aromatic heterocycles. The van der Waals surface area contributed by atoms with Gasteiger partial charge in [0.05, 0.1) is 17.0 Å². The van der Waals surface area contributed by atoms with Crippen LogP contribution in [0.5, 0.6) is 5.75 Å². The summed E-state index contributed by atoms with van der Waals surface area (Å²) in [5, 5.41) is 1.99. The van der Waals surface area contributed by atoms with Gasteiger partial charge in [0.1, 0.15) is 36.4 Å². The molecule has 2 atom stereocenters. The number of aromatic nitrogens is 4. The lowest BCUT2D eigenvalue weighted by Crippen LogP contribution is -2.19. The number of fused-ring (bicyclic) bond motifs is 2. The lowest BCUT2D eigenvalue weighted by Gasteiger charge is -2.18. The van der Waals surface area contributed by atoms with Gasteiger partial charge in [-0.05, 0) is 43.5 Å². The number of pyridine rings is 1. The van der Waals surface area contributed by atoms with Crippen LogP contribution < -0.4 is 10.5 Å². The predicted octanol–water partition coefficient (Wildman–Crippen LogP) is 3.88. The Morgan fingerprint density at radius 2 is 2.10 bits per heavy atom. The second-order valence-corrected chi connectivity index (χ2v) is 7.29. The first kappa shape index (κ1) is 17.9. The molecule has 2 N–H and O–H groups in total. The smallest absolute Gasteiger partial charge is 0.147 e. The predicted molar refractivity (Wildman–Crippen MR) is 112 cm³/mol. The van der Waals surface area contributed by atoms with E-state index in [9.17, 15) is 0 Å². The van der Waals surface area contributed by atoms with Crippen molar-refractivity contribution in [3.63, 3.8) is 0 Å². The minimum atomic E-state index is -0.0701. The average Bonchev–Trinajstić information content (AvgIpc) is 3.39. The normalized spacial score (nSPS) is 19.2. The largest absolute Gasteiger partial charge is 0.491 e. The zero-order chi connectivity index (χ0) is 19.8. The Morgan fingerprint density at radius 1 is 1.17 bits per heavy atom. The first-order valence-corrected chi connectivity index (χ1v) is 9.96. The molecule has 5 rings (SSSR count). The van der Waals surface area contributed by atoms with Crippen LogP contribution in [-0.4, -0.2) is 32.2 Å². The summed E-state index contributed by atoms with van der Waals surface area (Å²) in [5.74, 6) is 1.38. The van der Waals surface area contributed by atoms with E-state index in [1.165, 1.54) is 6.33 Å². The van der Waals surface area contributed by atoms with E-state index in [1.807, 2.05) is 35.2 Å². The van der Waals surface area contributed by atoms with Crippen LogP contribution in [0, 0.1) is 0 Å². The molecule has 148 valence electrons. The molecule has 0 unspecified atom stereocenters. The second-order valence-electron chi connectivity index (χ2n) is 7.29. The maximum atomic E-state index is 6.26. The van der Waals surface area contributed by atoms with E-state index in [-0.39, 0.29) is 12.3 Å². The maximum Gasteiger partial charge on any atom is 0.147 e. The van der Waals surface area contributed by atoms with Crippen molar-refractivity contribution in [2.75, 3.05) is 12.3 Å². The molecule has 1 saturated heterocycles. The Bertz CT molecular complexity index is 1170. The number of hydrogen-bond donors (Lipinski definition) is 1. The SMILES string of the molecule is CCc1c(OC[C@@H]2CC[C@H](n3ccc4c(N)ncnc43)O2)ccc2cccnc12. The molecule has 0 radical (unpaired) electrons. The van der Waals surface area contributed by atoms with Gasteiger partial charge in [0.15, 0.2) is 0 Å². The highest BCUT2D eigenvalue weighted by Gasteiger charge is 2.28. The monoisotopic (exact) mass is 389 g/mol. The molecule has 4 heterocycles. The number of aryl methyl sites for hydroxylation is 1. The van der Waals surface area contributed by atoms with Gasteiger partial charge in [-0.15, -0.1) is 0 Å². The highest BCUT2D eigenvalue weighted by Crippen LogP contribution is 2.33. The average molecular weight is 389 g/mol. The third-order valence-electron chi connectivity index (χ3n) is 5.55. The summed E-state index contributed by atoms with van der Waals surface area (Å²) in [6.45, 7) is 2.64. The lowest BCUT2D eigenvalue weighted by molar-refractivity contribution is -0.0157. The van der Waals surface area contributed by atoms with E-state index in [0.717, 1.165) is 52.5 Å². The summed E-state index contributed by atoms with van der Waals surface area (Å²) in [6, 6.07) is 10.1. The number of hydrogen-bond acceptors (Lipinski definition) is 6. The number of nitrogen functional groups attached to an aromatic ring is 1. The van der Waals surface area contributed by atoms with Crippen LogP contribution in [0.2, 0.25) is 0 Å². The van der Waals surface area contributed by atoms with Crippen molar-refractivity contribution in [3.05, 3.63) is 54.6 Å². The quantitative estimate of drug-likeness (QED) is 0.557. The summed E-state index contributed by atoms with van der Waals surface area (Å²) >= 11 is 0. The van der Waals surface area contributed by atoms with Crippen molar-refractivity contribution in [2.24, 2.45) is 0 Å². The molecular weight excluding hydrogens is 366 g/mol. The number of nitrogens with zero attached hydrogens (tertiary/aromatic N) is 4. The molecule has 1 aromatic carbocycles. The third-order valence-corrected chi connectivity index (χ3v) is 5.55. The second kappa shape index (κ2) is 7.33. The molecular formula is C22H23N5O2.